The van der Waals surface area contributed by atoms with Crippen molar-refractivity contribution >= 4 is 35.6 Å². The van der Waals surface area contributed by atoms with Gasteiger partial charge in [0.2, 0.25) is 17.7 Å². The van der Waals surface area contributed by atoms with Crippen LogP contribution in [0.4, 0.5) is 0 Å². The van der Waals surface area contributed by atoms with Gasteiger partial charge in [0.25, 0.3) is 0 Å². The van der Waals surface area contributed by atoms with Gasteiger partial charge in [-0.15, -0.1) is 0 Å². The fourth-order valence-electron chi connectivity index (χ4n) is 3.05. The molecule has 0 fully saturated rings. The van der Waals surface area contributed by atoms with E-state index in [2.05, 4.69) is 20.9 Å². The van der Waals surface area contributed by atoms with Crippen LogP contribution in [0.3, 0.4) is 0 Å². The number of carboxylic acid groups (broad SMARTS) is 2. The highest BCUT2D eigenvalue weighted by molar-refractivity contribution is 5.92. The molecule has 0 saturated heterocycles. The molecule has 0 aromatic heterocycles. The van der Waals surface area contributed by atoms with Gasteiger partial charge in [-0.3, -0.25) is 24.2 Å². The molecule has 0 aliphatic rings. The molecule has 3 amide bonds. The van der Waals surface area contributed by atoms with Gasteiger partial charge in [-0.1, -0.05) is 30.3 Å². The highest BCUT2D eigenvalue weighted by Crippen LogP contribution is 2.04. The number of hydrogen-bond donors (Lipinski definition) is 8. The van der Waals surface area contributed by atoms with Crippen molar-refractivity contribution < 1.29 is 34.2 Å². The van der Waals surface area contributed by atoms with Crippen LogP contribution >= 0.6 is 0 Å². The maximum absolute atomic E-state index is 12.7. The predicted molar refractivity (Wildman–Crippen MR) is 129 cm³/mol. The molecule has 36 heavy (non-hydrogen) atoms. The van der Waals surface area contributed by atoms with Gasteiger partial charge >= 0.3 is 11.9 Å². The fraction of sp³-hybridized carbons (Fsp3) is 0.455. The quantitative estimate of drug-likeness (QED) is 0.0671. The minimum absolute atomic E-state index is 0.0492. The Morgan fingerprint density at radius 2 is 1.58 bits per heavy atom. The molecule has 0 radical (unpaired) electrons. The summed E-state index contributed by atoms with van der Waals surface area (Å²) in [5.41, 5.74) is 16.9. The monoisotopic (exact) mass is 507 g/mol. The number of hydrogen-bond acceptors (Lipinski definition) is 7. The molecule has 198 valence electrons. The predicted octanol–water partition coefficient (Wildman–Crippen LogP) is -2.35. The molecular formula is C22H33N7O7. The zero-order valence-corrected chi connectivity index (χ0v) is 19.7. The number of carbonyl (C=O) groups excluding carboxylic acids is 3. The van der Waals surface area contributed by atoms with E-state index in [1.54, 1.807) is 30.3 Å². The molecule has 11 N–H and O–H groups in total. The molecule has 1 aromatic rings. The maximum atomic E-state index is 12.7. The van der Waals surface area contributed by atoms with Crippen molar-refractivity contribution in [3.63, 3.8) is 0 Å². The summed E-state index contributed by atoms with van der Waals surface area (Å²) >= 11 is 0. The summed E-state index contributed by atoms with van der Waals surface area (Å²) in [6.45, 7) is -0.365. The van der Waals surface area contributed by atoms with Gasteiger partial charge in [0, 0.05) is 19.4 Å². The highest BCUT2D eigenvalue weighted by Gasteiger charge is 2.25. The van der Waals surface area contributed by atoms with Gasteiger partial charge in [-0.25, -0.2) is 4.79 Å². The van der Waals surface area contributed by atoms with Crippen LogP contribution in [0.25, 0.3) is 0 Å². The van der Waals surface area contributed by atoms with Crippen LogP contribution < -0.4 is 33.2 Å². The lowest BCUT2D eigenvalue weighted by Crippen LogP contribution is -2.53. The molecule has 0 saturated carbocycles. The van der Waals surface area contributed by atoms with Crippen LogP contribution in [0.1, 0.15) is 31.2 Å². The fourth-order valence-corrected chi connectivity index (χ4v) is 3.05. The van der Waals surface area contributed by atoms with E-state index in [9.17, 15) is 29.1 Å². The van der Waals surface area contributed by atoms with Gasteiger partial charge in [0.05, 0.1) is 12.6 Å². The average molecular weight is 508 g/mol. The van der Waals surface area contributed by atoms with E-state index >= 15 is 0 Å². The summed E-state index contributed by atoms with van der Waals surface area (Å²) in [6, 6.07) is 5.22. The number of benzene rings is 1. The van der Waals surface area contributed by atoms with Crippen LogP contribution in [0.5, 0.6) is 0 Å². The topological polar surface area (TPSA) is 252 Å². The van der Waals surface area contributed by atoms with Crippen molar-refractivity contribution in [1.29, 1.82) is 0 Å². The lowest BCUT2D eigenvalue weighted by molar-refractivity contribution is -0.141. The number of amides is 3. The summed E-state index contributed by atoms with van der Waals surface area (Å²) in [4.78, 5) is 63.3. The summed E-state index contributed by atoms with van der Waals surface area (Å²) < 4.78 is 0. The number of aliphatic imine (C=N–C) groups is 1. The summed E-state index contributed by atoms with van der Waals surface area (Å²) in [6.07, 6.45) is -0.0281. The van der Waals surface area contributed by atoms with Gasteiger partial charge < -0.3 is 43.4 Å². The van der Waals surface area contributed by atoms with E-state index in [4.69, 9.17) is 22.3 Å². The minimum Gasteiger partial charge on any atom is -0.481 e. The van der Waals surface area contributed by atoms with Crippen molar-refractivity contribution in [3.8, 4) is 0 Å². The number of aliphatic carboxylic acids is 2. The highest BCUT2D eigenvalue weighted by atomic mass is 16.4. The number of carboxylic acids is 2. The molecule has 0 aliphatic carbocycles. The van der Waals surface area contributed by atoms with Crippen molar-refractivity contribution in [2.75, 3.05) is 13.1 Å². The summed E-state index contributed by atoms with van der Waals surface area (Å²) in [7, 11) is 0. The molecule has 1 aromatic carbocycles. The van der Waals surface area contributed by atoms with Crippen LogP contribution in [0, 0.1) is 0 Å². The van der Waals surface area contributed by atoms with Crippen LogP contribution in [0.15, 0.2) is 35.3 Å². The SMILES string of the molecule is NC(N)=NCCCC(NC(=O)C(N)CCC(=O)O)C(=O)NCC(=O)NC(Cc1ccccc1)C(=O)O. The van der Waals surface area contributed by atoms with Gasteiger partial charge in [0.1, 0.15) is 12.1 Å². The Morgan fingerprint density at radius 3 is 2.17 bits per heavy atom. The van der Waals surface area contributed by atoms with Crippen LogP contribution in [0.2, 0.25) is 0 Å². The van der Waals surface area contributed by atoms with E-state index in [0.717, 1.165) is 0 Å². The van der Waals surface area contributed by atoms with Gasteiger partial charge in [-0.2, -0.15) is 0 Å². The zero-order chi connectivity index (χ0) is 27.1. The van der Waals surface area contributed by atoms with Crippen LogP contribution in [-0.2, 0) is 30.4 Å². The van der Waals surface area contributed by atoms with Crippen molar-refractivity contribution in [2.45, 2.75) is 50.2 Å². The molecule has 3 unspecified atom stereocenters. The molecular weight excluding hydrogens is 474 g/mol. The van der Waals surface area contributed by atoms with E-state index in [1.807, 2.05) is 0 Å². The third-order valence-electron chi connectivity index (χ3n) is 4.92. The van der Waals surface area contributed by atoms with Gasteiger partial charge in [-0.05, 0) is 24.8 Å². The van der Waals surface area contributed by atoms with Crippen molar-refractivity contribution in [1.82, 2.24) is 16.0 Å². The maximum Gasteiger partial charge on any atom is 0.326 e. The van der Waals surface area contributed by atoms with E-state index < -0.39 is 54.3 Å². The first-order valence-corrected chi connectivity index (χ1v) is 11.2. The Labute approximate surface area is 207 Å². The molecule has 0 spiro atoms. The molecule has 0 aliphatic heterocycles. The number of nitrogens with zero attached hydrogens (tertiary/aromatic N) is 1. The largest absolute Gasteiger partial charge is 0.481 e. The zero-order valence-electron chi connectivity index (χ0n) is 19.7. The third kappa shape index (κ3) is 12.3. The summed E-state index contributed by atoms with van der Waals surface area (Å²) in [5, 5.41) is 25.3. The number of rotatable bonds is 16. The molecule has 0 heterocycles. The average Bonchev–Trinajstić information content (AvgIpc) is 2.82. The smallest absolute Gasteiger partial charge is 0.326 e. The van der Waals surface area contributed by atoms with E-state index in [0.29, 0.717) is 12.0 Å². The van der Waals surface area contributed by atoms with Gasteiger partial charge in [0.15, 0.2) is 5.96 Å². The summed E-state index contributed by atoms with van der Waals surface area (Å²) in [5.74, 6) is -4.70. The van der Waals surface area contributed by atoms with E-state index in [1.165, 1.54) is 0 Å². The molecule has 1 rings (SSSR count). The first-order chi connectivity index (χ1) is 17.0. The Hall–Kier alpha value is -4.20. The minimum atomic E-state index is -1.24. The van der Waals surface area contributed by atoms with Crippen LogP contribution in [-0.4, -0.2) is 77.0 Å². The number of carbonyl (C=O) groups is 5. The lowest BCUT2D eigenvalue weighted by atomic mass is 10.1. The third-order valence-corrected chi connectivity index (χ3v) is 4.92. The number of nitrogens with two attached hydrogens (primary N) is 3. The molecule has 14 heteroatoms. The normalized spacial score (nSPS) is 12.9. The molecule has 3 atom stereocenters. The molecule has 0 bridgehead atoms. The Kier molecular flexibility index (Phi) is 13.0. The Morgan fingerprint density at radius 1 is 0.917 bits per heavy atom. The second-order valence-corrected chi connectivity index (χ2v) is 7.91. The van der Waals surface area contributed by atoms with Crippen molar-refractivity contribution in [2.24, 2.45) is 22.2 Å². The van der Waals surface area contributed by atoms with E-state index in [-0.39, 0.29) is 38.2 Å². The number of nitrogens with one attached hydrogen (secondary N) is 3. The second-order valence-electron chi connectivity index (χ2n) is 7.91. The first-order valence-electron chi connectivity index (χ1n) is 11.2. The standard InChI is InChI=1S/C22H33N7O7/c23-14(8-9-18(31)32)19(33)29-15(7-4-10-26-22(24)25)20(34)27-12-17(30)28-16(21(35)36)11-13-5-2-1-3-6-13/h1-3,5-6,14-16H,4,7-12,23H2,(H,27,34)(H,28,30)(H,29,33)(H,31,32)(H,35,36)(H4,24,25,26). The second kappa shape index (κ2) is 15.7. The number of guanidine groups is 1. The Bertz CT molecular complexity index is 936. The Balaban J connectivity index is 2.72. The lowest BCUT2D eigenvalue weighted by Gasteiger charge is -2.21. The molecule has 14 nitrogen and oxygen atoms in total. The van der Waals surface area contributed by atoms with Crippen molar-refractivity contribution in [3.05, 3.63) is 35.9 Å². The first kappa shape index (κ1) is 29.8.